The summed E-state index contributed by atoms with van der Waals surface area (Å²) in [6.07, 6.45) is 0. The van der Waals surface area contributed by atoms with Gasteiger partial charge in [-0.3, -0.25) is 0 Å². The first-order chi connectivity index (χ1) is 7.18. The van der Waals surface area contributed by atoms with Gasteiger partial charge in [-0.25, -0.2) is 8.78 Å². The third kappa shape index (κ3) is 2.26. The minimum absolute atomic E-state index is 0.0763. The molecule has 0 aliphatic carbocycles. The van der Waals surface area contributed by atoms with Crippen LogP contribution in [0.4, 0.5) is 8.78 Å². The number of hydrogen-bond acceptors (Lipinski definition) is 1. The summed E-state index contributed by atoms with van der Waals surface area (Å²) < 4.78 is 25.7. The van der Waals surface area contributed by atoms with Gasteiger partial charge in [-0.2, -0.15) is 0 Å². The Morgan fingerprint density at radius 3 is 2.53 bits per heavy atom. The lowest BCUT2D eigenvalue weighted by atomic mass is 10.1. The van der Waals surface area contributed by atoms with Crippen LogP contribution in [-0.2, 0) is 0 Å². The normalized spacial score (nSPS) is 12.7. The van der Waals surface area contributed by atoms with Gasteiger partial charge in [0.05, 0.1) is 4.83 Å². The van der Waals surface area contributed by atoms with Gasteiger partial charge in [-0.05, 0) is 29.1 Å². The quantitative estimate of drug-likeness (QED) is 0.713. The van der Waals surface area contributed by atoms with E-state index in [1.54, 1.807) is 17.4 Å². The molecule has 78 valence electrons. The summed E-state index contributed by atoms with van der Waals surface area (Å²) in [5.74, 6) is -1.63. The third-order valence-corrected chi connectivity index (χ3v) is 4.29. The molecule has 0 saturated heterocycles. The average Bonchev–Trinajstić information content (AvgIpc) is 2.74. The lowest BCUT2D eigenvalue weighted by Gasteiger charge is -2.07. The van der Waals surface area contributed by atoms with Crippen LogP contribution in [0.25, 0.3) is 0 Å². The van der Waals surface area contributed by atoms with E-state index in [1.807, 2.05) is 17.5 Å². The molecule has 0 amide bonds. The van der Waals surface area contributed by atoms with Crippen molar-refractivity contribution < 1.29 is 8.78 Å². The molecule has 1 aromatic heterocycles. The minimum Gasteiger partial charge on any atom is -0.204 e. The van der Waals surface area contributed by atoms with E-state index in [-0.39, 0.29) is 4.83 Å². The summed E-state index contributed by atoms with van der Waals surface area (Å²) in [6.45, 7) is 0. The number of rotatable bonds is 2. The number of thiophene rings is 1. The second-order valence-electron chi connectivity index (χ2n) is 3.05. The van der Waals surface area contributed by atoms with Crippen molar-refractivity contribution in [3.63, 3.8) is 0 Å². The van der Waals surface area contributed by atoms with Crippen molar-refractivity contribution in [1.29, 1.82) is 0 Å². The Morgan fingerprint density at radius 1 is 1.13 bits per heavy atom. The molecule has 15 heavy (non-hydrogen) atoms. The molecule has 0 bridgehead atoms. The van der Waals surface area contributed by atoms with Crippen LogP contribution in [-0.4, -0.2) is 0 Å². The van der Waals surface area contributed by atoms with Gasteiger partial charge in [0, 0.05) is 4.88 Å². The fourth-order valence-corrected chi connectivity index (χ4v) is 2.76. The highest BCUT2D eigenvalue weighted by molar-refractivity contribution is 9.09. The molecule has 1 atom stereocenters. The van der Waals surface area contributed by atoms with Gasteiger partial charge in [0.25, 0.3) is 0 Å². The Hall–Kier alpha value is -0.740. The Morgan fingerprint density at radius 2 is 1.93 bits per heavy atom. The summed E-state index contributed by atoms with van der Waals surface area (Å²) in [4.78, 5) is 0.994. The zero-order chi connectivity index (χ0) is 10.8. The highest BCUT2D eigenvalue weighted by Crippen LogP contribution is 2.33. The van der Waals surface area contributed by atoms with Gasteiger partial charge in [0.2, 0.25) is 0 Å². The smallest absolute Gasteiger partial charge is 0.159 e. The second-order valence-corrected chi connectivity index (χ2v) is 4.95. The fraction of sp³-hybridized carbons (Fsp3) is 0.0909. The van der Waals surface area contributed by atoms with Crippen LogP contribution in [0.1, 0.15) is 15.3 Å². The molecule has 0 aliphatic heterocycles. The first-order valence-electron chi connectivity index (χ1n) is 4.31. The number of hydrogen-bond donors (Lipinski definition) is 0. The van der Waals surface area contributed by atoms with Gasteiger partial charge < -0.3 is 0 Å². The van der Waals surface area contributed by atoms with E-state index in [0.717, 1.165) is 16.5 Å². The van der Waals surface area contributed by atoms with Crippen LogP contribution in [0, 0.1) is 11.6 Å². The van der Waals surface area contributed by atoms with Crippen LogP contribution in [0.2, 0.25) is 0 Å². The predicted molar refractivity (Wildman–Crippen MR) is 61.4 cm³/mol. The molecule has 1 unspecified atom stereocenters. The molecule has 2 rings (SSSR count). The number of alkyl halides is 1. The molecule has 4 heteroatoms. The molecule has 0 N–H and O–H groups in total. The van der Waals surface area contributed by atoms with Crippen molar-refractivity contribution in [2.75, 3.05) is 0 Å². The largest absolute Gasteiger partial charge is 0.204 e. The zero-order valence-electron chi connectivity index (χ0n) is 7.58. The van der Waals surface area contributed by atoms with Crippen LogP contribution in [0.5, 0.6) is 0 Å². The van der Waals surface area contributed by atoms with Crippen LogP contribution in [0.3, 0.4) is 0 Å². The Bertz CT molecular complexity index is 454. The van der Waals surface area contributed by atoms with E-state index < -0.39 is 11.6 Å². The molecule has 0 nitrogen and oxygen atoms in total. The third-order valence-electron chi connectivity index (χ3n) is 2.03. The summed E-state index contributed by atoms with van der Waals surface area (Å²) >= 11 is 5.03. The highest BCUT2D eigenvalue weighted by atomic mass is 79.9. The average molecular weight is 289 g/mol. The van der Waals surface area contributed by atoms with E-state index in [2.05, 4.69) is 15.9 Å². The summed E-state index contributed by atoms with van der Waals surface area (Å²) in [5.41, 5.74) is 0.719. The van der Waals surface area contributed by atoms with Crippen molar-refractivity contribution in [2.45, 2.75) is 4.83 Å². The molecule has 0 radical (unpaired) electrons. The zero-order valence-corrected chi connectivity index (χ0v) is 9.99. The maximum atomic E-state index is 13.0. The van der Waals surface area contributed by atoms with E-state index in [4.69, 9.17) is 0 Å². The standard InChI is InChI=1S/C11H7BrF2S/c12-11(10-2-1-5-15-10)7-3-4-8(13)9(14)6-7/h1-6,11H. The van der Waals surface area contributed by atoms with Crippen molar-refractivity contribution in [1.82, 2.24) is 0 Å². The predicted octanol–water partition coefficient (Wildman–Crippen LogP) is 4.51. The highest BCUT2D eigenvalue weighted by Gasteiger charge is 2.13. The van der Waals surface area contributed by atoms with Gasteiger partial charge in [0.1, 0.15) is 0 Å². The lowest BCUT2D eigenvalue weighted by molar-refractivity contribution is 0.507. The topological polar surface area (TPSA) is 0 Å². The van der Waals surface area contributed by atoms with Gasteiger partial charge >= 0.3 is 0 Å². The molecule has 1 heterocycles. The molecule has 1 aromatic carbocycles. The SMILES string of the molecule is Fc1ccc(C(Br)c2cccs2)cc1F. The van der Waals surface area contributed by atoms with Crippen molar-refractivity contribution in [3.8, 4) is 0 Å². The maximum Gasteiger partial charge on any atom is 0.159 e. The summed E-state index contributed by atoms with van der Waals surface area (Å²) in [7, 11) is 0. The van der Waals surface area contributed by atoms with E-state index >= 15 is 0 Å². The molecule has 0 saturated carbocycles. The molecule has 0 aliphatic rings. The van der Waals surface area contributed by atoms with Crippen molar-refractivity contribution in [3.05, 3.63) is 57.8 Å². The maximum absolute atomic E-state index is 13.0. The van der Waals surface area contributed by atoms with Crippen LogP contribution >= 0.6 is 27.3 Å². The Kier molecular flexibility index (Phi) is 3.17. The van der Waals surface area contributed by atoms with E-state index in [1.165, 1.54) is 6.07 Å². The first kappa shape index (κ1) is 10.8. The minimum atomic E-state index is -0.815. The molecular formula is C11H7BrF2S. The molecule has 2 aromatic rings. The van der Waals surface area contributed by atoms with Gasteiger partial charge in [-0.1, -0.05) is 28.1 Å². The molecular weight excluding hydrogens is 282 g/mol. The van der Waals surface area contributed by atoms with Crippen molar-refractivity contribution in [2.24, 2.45) is 0 Å². The Balaban J connectivity index is 2.34. The molecule has 0 spiro atoms. The van der Waals surface area contributed by atoms with Gasteiger partial charge in [0.15, 0.2) is 11.6 Å². The second kappa shape index (κ2) is 4.41. The Labute approximate surface area is 98.7 Å². The van der Waals surface area contributed by atoms with Crippen molar-refractivity contribution >= 4 is 27.3 Å². The van der Waals surface area contributed by atoms with Crippen LogP contribution in [0.15, 0.2) is 35.7 Å². The van der Waals surface area contributed by atoms with Gasteiger partial charge in [-0.15, -0.1) is 11.3 Å². The van der Waals surface area contributed by atoms with E-state index in [9.17, 15) is 8.78 Å². The van der Waals surface area contributed by atoms with E-state index in [0.29, 0.717) is 0 Å². The fourth-order valence-electron chi connectivity index (χ4n) is 1.27. The lowest BCUT2D eigenvalue weighted by Crippen LogP contribution is -1.92. The summed E-state index contributed by atoms with van der Waals surface area (Å²) in [6, 6.07) is 7.82. The number of benzene rings is 1. The molecule has 0 fully saturated rings. The number of halogens is 3. The monoisotopic (exact) mass is 288 g/mol. The van der Waals surface area contributed by atoms with Crippen LogP contribution < -0.4 is 0 Å². The first-order valence-corrected chi connectivity index (χ1v) is 6.10. The summed E-state index contributed by atoms with van der Waals surface area (Å²) in [5, 5.41) is 1.95.